The summed E-state index contributed by atoms with van der Waals surface area (Å²) in [5.74, 6) is 0. The van der Waals surface area contributed by atoms with Gasteiger partial charge in [0, 0.05) is 12.1 Å². The summed E-state index contributed by atoms with van der Waals surface area (Å²) in [6, 6.07) is 7.60. The van der Waals surface area contributed by atoms with Crippen molar-refractivity contribution in [3.05, 3.63) is 34.9 Å². The molecule has 0 bridgehead atoms. The van der Waals surface area contributed by atoms with Crippen LogP contribution >= 0.6 is 0 Å². The smallest absolute Gasteiger partial charge is 0.0219 e. The van der Waals surface area contributed by atoms with Gasteiger partial charge < -0.3 is 11.1 Å². The molecule has 2 rings (SSSR count). The largest absolute Gasteiger partial charge is 0.326 e. The number of hydrogen-bond donors (Lipinski definition) is 2. The van der Waals surface area contributed by atoms with Crippen LogP contribution in [0.5, 0.6) is 0 Å². The molecule has 1 fully saturated rings. The lowest BCUT2D eigenvalue weighted by Crippen LogP contribution is -2.47. The van der Waals surface area contributed by atoms with Crippen LogP contribution in [0.4, 0.5) is 0 Å². The van der Waals surface area contributed by atoms with Gasteiger partial charge in [0.05, 0.1) is 0 Å². The van der Waals surface area contributed by atoms with E-state index < -0.39 is 0 Å². The molecule has 1 aliphatic carbocycles. The number of aryl methyl sites for hydroxylation is 2. The Hall–Kier alpha value is -0.860. The summed E-state index contributed by atoms with van der Waals surface area (Å²) in [5.41, 5.74) is 10.4. The van der Waals surface area contributed by atoms with Crippen molar-refractivity contribution in [2.45, 2.75) is 58.0 Å². The van der Waals surface area contributed by atoms with Crippen molar-refractivity contribution in [2.24, 2.45) is 5.73 Å². The molecule has 1 saturated carbocycles. The Morgan fingerprint density at radius 3 is 2.78 bits per heavy atom. The fraction of sp³-hybridized carbons (Fsp3) is 0.625. The van der Waals surface area contributed by atoms with Crippen molar-refractivity contribution in [3.63, 3.8) is 0 Å². The van der Waals surface area contributed by atoms with Crippen LogP contribution in [0.1, 0.15) is 42.4 Å². The van der Waals surface area contributed by atoms with E-state index in [0.717, 1.165) is 13.0 Å². The van der Waals surface area contributed by atoms with E-state index in [1.54, 1.807) is 0 Å². The molecule has 100 valence electrons. The highest BCUT2D eigenvalue weighted by Crippen LogP contribution is 2.17. The maximum Gasteiger partial charge on any atom is 0.0219 e. The molecule has 0 aromatic heterocycles. The molecule has 1 aliphatic rings. The first-order chi connectivity index (χ1) is 8.66. The van der Waals surface area contributed by atoms with Crippen LogP contribution in [0.25, 0.3) is 0 Å². The molecule has 2 heteroatoms. The van der Waals surface area contributed by atoms with Gasteiger partial charge in [-0.2, -0.15) is 0 Å². The van der Waals surface area contributed by atoms with Crippen molar-refractivity contribution in [1.29, 1.82) is 0 Å². The van der Waals surface area contributed by atoms with Gasteiger partial charge in [0.15, 0.2) is 0 Å². The maximum atomic E-state index is 6.15. The van der Waals surface area contributed by atoms with Crippen LogP contribution < -0.4 is 11.1 Å². The number of nitrogens with one attached hydrogen (secondary N) is 1. The first-order valence-electron chi connectivity index (χ1n) is 7.22. The molecule has 3 N–H and O–H groups in total. The Labute approximate surface area is 111 Å². The van der Waals surface area contributed by atoms with E-state index in [-0.39, 0.29) is 0 Å². The molecule has 0 radical (unpaired) electrons. The molecule has 18 heavy (non-hydrogen) atoms. The molecule has 0 spiro atoms. The van der Waals surface area contributed by atoms with Gasteiger partial charge in [-0.1, -0.05) is 36.6 Å². The van der Waals surface area contributed by atoms with Crippen molar-refractivity contribution >= 4 is 0 Å². The molecule has 1 aromatic rings. The van der Waals surface area contributed by atoms with Crippen molar-refractivity contribution in [2.75, 3.05) is 6.54 Å². The van der Waals surface area contributed by atoms with E-state index in [1.807, 2.05) is 0 Å². The lowest BCUT2D eigenvalue weighted by molar-refractivity contribution is 0.329. The molecule has 2 atom stereocenters. The van der Waals surface area contributed by atoms with Crippen molar-refractivity contribution in [3.8, 4) is 0 Å². The fourth-order valence-electron chi connectivity index (χ4n) is 2.87. The second-order valence-electron chi connectivity index (χ2n) is 5.69. The highest BCUT2D eigenvalue weighted by molar-refractivity contribution is 5.30. The average Bonchev–Trinajstić information content (AvgIpc) is 2.36. The van der Waals surface area contributed by atoms with Crippen LogP contribution in [0.15, 0.2) is 18.2 Å². The number of hydrogen-bond acceptors (Lipinski definition) is 2. The predicted octanol–water partition coefficient (Wildman–Crippen LogP) is 2.71. The number of benzene rings is 1. The minimum atomic E-state index is 0.359. The molecule has 0 amide bonds. The van der Waals surface area contributed by atoms with E-state index in [2.05, 4.69) is 37.4 Å². The number of nitrogens with two attached hydrogens (primary N) is 1. The normalized spacial score (nSPS) is 24.2. The summed E-state index contributed by atoms with van der Waals surface area (Å²) in [6.07, 6.45) is 6.16. The van der Waals surface area contributed by atoms with E-state index in [9.17, 15) is 0 Å². The molecule has 0 aliphatic heterocycles. The third-order valence-electron chi connectivity index (χ3n) is 4.12. The lowest BCUT2D eigenvalue weighted by atomic mass is 9.91. The Kier molecular flexibility index (Phi) is 4.79. The SMILES string of the molecule is Cc1ccc(C)c(CCNC2CCCCC2N)c1. The van der Waals surface area contributed by atoms with Crippen molar-refractivity contribution < 1.29 is 0 Å². The highest BCUT2D eigenvalue weighted by Gasteiger charge is 2.20. The fourth-order valence-corrected chi connectivity index (χ4v) is 2.87. The molecular weight excluding hydrogens is 220 g/mol. The molecule has 0 saturated heterocycles. The van der Waals surface area contributed by atoms with Crippen LogP contribution in [0, 0.1) is 13.8 Å². The summed E-state index contributed by atoms with van der Waals surface area (Å²) < 4.78 is 0. The number of rotatable bonds is 4. The quantitative estimate of drug-likeness (QED) is 0.857. The maximum absolute atomic E-state index is 6.15. The molecule has 2 unspecified atom stereocenters. The Balaban J connectivity index is 1.82. The Morgan fingerprint density at radius 2 is 2.00 bits per heavy atom. The van der Waals surface area contributed by atoms with Gasteiger partial charge in [0.1, 0.15) is 0 Å². The molecule has 2 nitrogen and oxygen atoms in total. The zero-order chi connectivity index (χ0) is 13.0. The first-order valence-corrected chi connectivity index (χ1v) is 7.22. The average molecular weight is 246 g/mol. The van der Waals surface area contributed by atoms with E-state index in [4.69, 9.17) is 5.73 Å². The molecular formula is C16H26N2. The lowest BCUT2D eigenvalue weighted by Gasteiger charge is -2.29. The summed E-state index contributed by atoms with van der Waals surface area (Å²) in [6.45, 7) is 5.40. The predicted molar refractivity (Wildman–Crippen MR) is 77.9 cm³/mol. The zero-order valence-corrected chi connectivity index (χ0v) is 11.7. The van der Waals surface area contributed by atoms with E-state index in [1.165, 1.54) is 42.4 Å². The minimum absolute atomic E-state index is 0.359. The second kappa shape index (κ2) is 6.35. The summed E-state index contributed by atoms with van der Waals surface area (Å²) in [7, 11) is 0. The molecule has 0 heterocycles. The van der Waals surface area contributed by atoms with E-state index in [0.29, 0.717) is 12.1 Å². The minimum Gasteiger partial charge on any atom is -0.326 e. The summed E-state index contributed by atoms with van der Waals surface area (Å²) in [4.78, 5) is 0. The topological polar surface area (TPSA) is 38.0 Å². The van der Waals surface area contributed by atoms with Gasteiger partial charge >= 0.3 is 0 Å². The van der Waals surface area contributed by atoms with Gasteiger partial charge in [-0.15, -0.1) is 0 Å². The van der Waals surface area contributed by atoms with Gasteiger partial charge in [-0.25, -0.2) is 0 Å². The highest BCUT2D eigenvalue weighted by atomic mass is 14.9. The summed E-state index contributed by atoms with van der Waals surface area (Å²) in [5, 5.41) is 3.64. The first kappa shape index (κ1) is 13.6. The Morgan fingerprint density at radius 1 is 1.22 bits per heavy atom. The monoisotopic (exact) mass is 246 g/mol. The van der Waals surface area contributed by atoms with Crippen LogP contribution in [-0.4, -0.2) is 18.6 Å². The molecule has 1 aromatic carbocycles. The van der Waals surface area contributed by atoms with Crippen LogP contribution in [-0.2, 0) is 6.42 Å². The van der Waals surface area contributed by atoms with Gasteiger partial charge in [0.25, 0.3) is 0 Å². The standard InChI is InChI=1S/C16H26N2/c1-12-7-8-13(2)14(11-12)9-10-18-16-6-4-3-5-15(16)17/h7-8,11,15-16,18H,3-6,9-10,17H2,1-2H3. The van der Waals surface area contributed by atoms with Gasteiger partial charge in [-0.05, 0) is 50.8 Å². The van der Waals surface area contributed by atoms with Crippen LogP contribution in [0.2, 0.25) is 0 Å². The zero-order valence-electron chi connectivity index (χ0n) is 11.7. The summed E-state index contributed by atoms with van der Waals surface area (Å²) >= 11 is 0. The van der Waals surface area contributed by atoms with Crippen LogP contribution in [0.3, 0.4) is 0 Å². The second-order valence-corrected chi connectivity index (χ2v) is 5.69. The van der Waals surface area contributed by atoms with Gasteiger partial charge in [0.2, 0.25) is 0 Å². The third kappa shape index (κ3) is 3.56. The van der Waals surface area contributed by atoms with Crippen molar-refractivity contribution in [1.82, 2.24) is 5.32 Å². The Bertz CT molecular complexity index is 387. The van der Waals surface area contributed by atoms with Gasteiger partial charge in [-0.3, -0.25) is 0 Å². The van der Waals surface area contributed by atoms with E-state index >= 15 is 0 Å². The third-order valence-corrected chi connectivity index (χ3v) is 4.12.